The Kier molecular flexibility index (Phi) is 4.93. The van der Waals surface area contributed by atoms with Gasteiger partial charge in [-0.05, 0) is 42.9 Å². The van der Waals surface area contributed by atoms with Gasteiger partial charge in [0.2, 0.25) is 0 Å². The third-order valence-electron chi connectivity index (χ3n) is 4.32. The van der Waals surface area contributed by atoms with Crippen molar-refractivity contribution < 1.29 is 14.3 Å². The molecule has 6 heteroatoms. The third-order valence-corrected chi connectivity index (χ3v) is 4.32. The summed E-state index contributed by atoms with van der Waals surface area (Å²) >= 11 is 0. The lowest BCUT2D eigenvalue weighted by Gasteiger charge is -2.12. The molecule has 0 saturated heterocycles. The first kappa shape index (κ1) is 16.2. The average Bonchev–Trinajstić information content (AvgIpc) is 3.03. The topological polar surface area (TPSA) is 87.3 Å². The smallest absolute Gasteiger partial charge is 0.316 e. The van der Waals surface area contributed by atoms with Crippen molar-refractivity contribution in [3.8, 4) is 17.1 Å². The van der Waals surface area contributed by atoms with E-state index in [0.29, 0.717) is 18.3 Å². The molecule has 1 aromatic carbocycles. The third kappa shape index (κ3) is 4.01. The van der Waals surface area contributed by atoms with E-state index < -0.39 is 0 Å². The Hall–Kier alpha value is -2.63. The Balaban J connectivity index is 1.57. The summed E-state index contributed by atoms with van der Waals surface area (Å²) in [5.41, 5.74) is 8.34. The highest BCUT2D eigenvalue weighted by molar-refractivity contribution is 5.69. The van der Waals surface area contributed by atoms with Gasteiger partial charge in [-0.3, -0.25) is 4.79 Å². The predicted molar refractivity (Wildman–Crippen MR) is 90.3 cm³/mol. The molecule has 0 unspecified atom stereocenters. The number of aromatic nitrogens is 2. The van der Waals surface area contributed by atoms with Gasteiger partial charge in [-0.25, -0.2) is 9.97 Å². The van der Waals surface area contributed by atoms with Crippen LogP contribution in [0.4, 0.5) is 5.69 Å². The number of anilines is 1. The number of nitrogens with two attached hydrogens (primary N) is 1. The molecule has 1 fully saturated rings. The summed E-state index contributed by atoms with van der Waals surface area (Å²) in [6.45, 7) is 0. The Morgan fingerprint density at radius 2 is 1.88 bits per heavy atom. The zero-order chi connectivity index (χ0) is 16.9. The number of nitrogens with zero attached hydrogens (tertiary/aromatic N) is 2. The maximum absolute atomic E-state index is 11.3. The predicted octanol–water partition coefficient (Wildman–Crippen LogP) is 2.84. The molecule has 1 aromatic heterocycles. The number of rotatable bonds is 5. The highest BCUT2D eigenvalue weighted by Gasteiger charge is 2.28. The maximum Gasteiger partial charge on any atom is 0.316 e. The van der Waals surface area contributed by atoms with Crippen molar-refractivity contribution in [1.29, 1.82) is 0 Å². The lowest BCUT2D eigenvalue weighted by Crippen LogP contribution is -2.15. The van der Waals surface area contributed by atoms with Crippen molar-refractivity contribution >= 4 is 11.7 Å². The van der Waals surface area contributed by atoms with Crippen LogP contribution >= 0.6 is 0 Å². The molecule has 0 radical (unpaired) electrons. The minimum Gasteiger partial charge on any atom is -0.469 e. The number of benzene rings is 1. The van der Waals surface area contributed by atoms with Gasteiger partial charge in [0.25, 0.3) is 0 Å². The van der Waals surface area contributed by atoms with Crippen molar-refractivity contribution in [1.82, 2.24) is 9.97 Å². The highest BCUT2D eigenvalue weighted by atomic mass is 16.5. The Labute approximate surface area is 141 Å². The summed E-state index contributed by atoms with van der Waals surface area (Å²) in [5, 5.41) is 0. The van der Waals surface area contributed by atoms with E-state index in [0.717, 1.165) is 36.1 Å². The van der Waals surface area contributed by atoms with Gasteiger partial charge in [-0.1, -0.05) is 12.1 Å². The summed E-state index contributed by atoms with van der Waals surface area (Å²) in [5.74, 6) is 0.154. The quantitative estimate of drug-likeness (QED) is 0.671. The summed E-state index contributed by atoms with van der Waals surface area (Å²) in [6.07, 6.45) is 6.70. The van der Waals surface area contributed by atoms with Crippen LogP contribution < -0.4 is 10.5 Å². The molecular formula is C18H21N3O3. The van der Waals surface area contributed by atoms with Gasteiger partial charge in [0.05, 0.1) is 7.11 Å². The van der Waals surface area contributed by atoms with E-state index in [4.69, 9.17) is 15.2 Å². The van der Waals surface area contributed by atoms with Crippen molar-refractivity contribution in [2.45, 2.75) is 31.8 Å². The molecular weight excluding hydrogens is 306 g/mol. The molecule has 1 saturated carbocycles. The fraction of sp³-hybridized carbons (Fsp3) is 0.389. The summed E-state index contributed by atoms with van der Waals surface area (Å²) in [4.78, 5) is 19.9. The average molecular weight is 327 g/mol. The zero-order valence-corrected chi connectivity index (χ0v) is 13.6. The molecule has 3 rings (SSSR count). The molecule has 0 amide bonds. The fourth-order valence-corrected chi connectivity index (χ4v) is 2.99. The van der Waals surface area contributed by atoms with E-state index >= 15 is 0 Å². The molecule has 1 heterocycles. The minimum absolute atomic E-state index is 0.0574. The molecule has 126 valence electrons. The summed E-state index contributed by atoms with van der Waals surface area (Å²) in [7, 11) is 1.42. The standard InChI is InChI=1S/C18H21N3O3/c1-23-17(22)9-12-2-7-16(8-12)24-18-20-10-14(11-21-18)13-3-5-15(19)6-4-13/h3-6,10-12,16H,2,7-9,19H2,1H3/t12-,16-/m0/s1. The van der Waals surface area contributed by atoms with Gasteiger partial charge in [0, 0.05) is 30.1 Å². The molecule has 2 atom stereocenters. The Morgan fingerprint density at radius 1 is 1.17 bits per heavy atom. The van der Waals surface area contributed by atoms with Gasteiger partial charge < -0.3 is 15.2 Å². The van der Waals surface area contributed by atoms with Crippen molar-refractivity contribution in [3.05, 3.63) is 36.7 Å². The molecule has 1 aliphatic carbocycles. The van der Waals surface area contributed by atoms with Gasteiger partial charge in [0.1, 0.15) is 6.10 Å². The second-order valence-corrected chi connectivity index (χ2v) is 6.08. The van der Waals surface area contributed by atoms with Gasteiger partial charge in [-0.15, -0.1) is 0 Å². The largest absolute Gasteiger partial charge is 0.469 e. The highest BCUT2D eigenvalue weighted by Crippen LogP contribution is 2.31. The lowest BCUT2D eigenvalue weighted by atomic mass is 10.0. The molecule has 6 nitrogen and oxygen atoms in total. The molecule has 0 bridgehead atoms. The van der Waals surface area contributed by atoms with Crippen LogP contribution in [0.5, 0.6) is 6.01 Å². The van der Waals surface area contributed by atoms with Crippen LogP contribution in [0.3, 0.4) is 0 Å². The zero-order valence-electron chi connectivity index (χ0n) is 13.6. The van der Waals surface area contributed by atoms with E-state index in [1.807, 2.05) is 24.3 Å². The Morgan fingerprint density at radius 3 is 2.54 bits per heavy atom. The molecule has 1 aliphatic rings. The number of esters is 1. The Bertz CT molecular complexity index is 686. The van der Waals surface area contributed by atoms with Crippen LogP contribution in [-0.4, -0.2) is 29.2 Å². The summed E-state index contributed by atoms with van der Waals surface area (Å²) in [6, 6.07) is 7.93. The van der Waals surface area contributed by atoms with Crippen LogP contribution in [0, 0.1) is 5.92 Å². The number of carbonyl (C=O) groups excluding carboxylic acids is 1. The van der Waals surface area contributed by atoms with E-state index in [-0.39, 0.29) is 12.1 Å². The molecule has 0 aliphatic heterocycles. The fourth-order valence-electron chi connectivity index (χ4n) is 2.99. The monoisotopic (exact) mass is 327 g/mol. The molecule has 2 N–H and O–H groups in total. The minimum atomic E-state index is -0.162. The summed E-state index contributed by atoms with van der Waals surface area (Å²) < 4.78 is 10.6. The van der Waals surface area contributed by atoms with E-state index in [1.54, 1.807) is 12.4 Å². The van der Waals surface area contributed by atoms with Crippen LogP contribution in [0.1, 0.15) is 25.7 Å². The van der Waals surface area contributed by atoms with Gasteiger partial charge in [-0.2, -0.15) is 0 Å². The van der Waals surface area contributed by atoms with Crippen LogP contribution in [0.2, 0.25) is 0 Å². The van der Waals surface area contributed by atoms with E-state index in [2.05, 4.69) is 9.97 Å². The first-order valence-electron chi connectivity index (χ1n) is 8.05. The lowest BCUT2D eigenvalue weighted by molar-refractivity contribution is -0.141. The van der Waals surface area contributed by atoms with Gasteiger partial charge >= 0.3 is 12.0 Å². The van der Waals surface area contributed by atoms with Crippen LogP contribution in [0.15, 0.2) is 36.7 Å². The molecule has 0 spiro atoms. The normalized spacial score (nSPS) is 19.9. The van der Waals surface area contributed by atoms with Crippen LogP contribution in [-0.2, 0) is 9.53 Å². The first-order valence-corrected chi connectivity index (χ1v) is 8.05. The number of nitrogen functional groups attached to an aromatic ring is 1. The van der Waals surface area contributed by atoms with Crippen molar-refractivity contribution in [2.75, 3.05) is 12.8 Å². The maximum atomic E-state index is 11.3. The van der Waals surface area contributed by atoms with Gasteiger partial charge in [0.15, 0.2) is 0 Å². The van der Waals surface area contributed by atoms with E-state index in [9.17, 15) is 4.79 Å². The number of carbonyl (C=O) groups is 1. The number of ether oxygens (including phenoxy) is 2. The van der Waals surface area contributed by atoms with Crippen LogP contribution in [0.25, 0.3) is 11.1 Å². The molecule has 24 heavy (non-hydrogen) atoms. The number of hydrogen-bond donors (Lipinski definition) is 1. The van der Waals surface area contributed by atoms with Crippen molar-refractivity contribution in [2.24, 2.45) is 5.92 Å². The number of methoxy groups -OCH3 is 1. The second-order valence-electron chi connectivity index (χ2n) is 6.08. The van der Waals surface area contributed by atoms with Crippen molar-refractivity contribution in [3.63, 3.8) is 0 Å². The SMILES string of the molecule is COC(=O)C[C@H]1CC[C@H](Oc2ncc(-c3ccc(N)cc3)cn2)C1. The molecule has 2 aromatic rings. The van der Waals surface area contributed by atoms with E-state index in [1.165, 1.54) is 7.11 Å². The number of hydrogen-bond acceptors (Lipinski definition) is 6. The first-order chi connectivity index (χ1) is 11.6. The second kappa shape index (κ2) is 7.29.